The van der Waals surface area contributed by atoms with Crippen LogP contribution in [-0.4, -0.2) is 80.7 Å². The molecule has 1 saturated carbocycles. The number of pyridine rings is 1. The minimum atomic E-state index is -4.83. The lowest BCUT2D eigenvalue weighted by Crippen LogP contribution is -2.48. The highest BCUT2D eigenvalue weighted by Gasteiger charge is 2.50. The van der Waals surface area contributed by atoms with Crippen molar-refractivity contribution in [2.24, 2.45) is 0 Å². The summed E-state index contributed by atoms with van der Waals surface area (Å²) in [5.74, 6) is -3.36. The molecule has 0 bridgehead atoms. The lowest BCUT2D eigenvalue weighted by molar-refractivity contribution is 0.0694. The quantitative estimate of drug-likeness (QED) is 0.250. The van der Waals surface area contributed by atoms with Crippen LogP contribution in [0.4, 0.5) is 25.0 Å². The third kappa shape index (κ3) is 5.65. The molecule has 1 amide bonds. The molecule has 6 rings (SSSR count). The number of anilines is 2. The van der Waals surface area contributed by atoms with Crippen LogP contribution in [0.1, 0.15) is 42.1 Å². The van der Waals surface area contributed by atoms with Gasteiger partial charge in [0.15, 0.2) is 11.6 Å². The van der Waals surface area contributed by atoms with Gasteiger partial charge in [-0.1, -0.05) is 0 Å². The minimum Gasteiger partial charge on any atom is -0.489 e. The summed E-state index contributed by atoms with van der Waals surface area (Å²) in [6.07, 6.45) is 1.05. The predicted molar refractivity (Wildman–Crippen MR) is 156 cm³/mol. The molecule has 0 unspecified atom stereocenters. The van der Waals surface area contributed by atoms with Gasteiger partial charge in [0.05, 0.1) is 30.0 Å². The summed E-state index contributed by atoms with van der Waals surface area (Å²) in [6.45, 7) is -0.910. The van der Waals surface area contributed by atoms with E-state index < -0.39 is 66.8 Å². The molecule has 45 heavy (non-hydrogen) atoms. The van der Waals surface area contributed by atoms with Crippen LogP contribution in [0.15, 0.2) is 41.3 Å². The van der Waals surface area contributed by atoms with Crippen molar-refractivity contribution in [3.63, 3.8) is 0 Å². The van der Waals surface area contributed by atoms with Gasteiger partial charge in [0.25, 0.3) is 0 Å². The van der Waals surface area contributed by atoms with E-state index in [1.54, 1.807) is 9.47 Å². The number of amides is 1. The number of piperidine rings is 1. The van der Waals surface area contributed by atoms with E-state index in [2.05, 4.69) is 0 Å². The number of carboxylic acids is 1. The molecule has 0 spiro atoms. The fourth-order valence-corrected chi connectivity index (χ4v) is 6.92. The van der Waals surface area contributed by atoms with E-state index in [1.165, 1.54) is 24.4 Å². The van der Waals surface area contributed by atoms with Crippen molar-refractivity contribution in [1.82, 2.24) is 4.57 Å². The Morgan fingerprint density at radius 1 is 1.09 bits per heavy atom. The number of aliphatic hydroxyl groups excluding tert-OH is 1. The largest absolute Gasteiger partial charge is 0.489 e. The van der Waals surface area contributed by atoms with Crippen molar-refractivity contribution in [2.45, 2.75) is 43.0 Å². The number of carbonyl (C=O) groups excluding carboxylic acids is 1. The molecule has 3 heterocycles. The Hall–Kier alpha value is -4.04. The number of carbonyl (C=O) groups is 2. The fourth-order valence-electron chi connectivity index (χ4n) is 5.91. The first-order valence-electron chi connectivity index (χ1n) is 14.3. The van der Waals surface area contributed by atoms with Gasteiger partial charge in [0.1, 0.15) is 29.2 Å². The van der Waals surface area contributed by atoms with Gasteiger partial charge in [-0.25, -0.2) is 18.4 Å². The summed E-state index contributed by atoms with van der Waals surface area (Å²) in [6, 6.07) is 6.08. The smallest absolute Gasteiger partial charge is 0.414 e. The third-order valence-corrected chi connectivity index (χ3v) is 10.5. The first-order chi connectivity index (χ1) is 21.3. The molecule has 3 aromatic rings. The number of fused-ring (bicyclic) bond motifs is 1. The molecule has 1 atom stereocenters. The van der Waals surface area contributed by atoms with Crippen LogP contribution >= 0.6 is 7.60 Å². The average molecular weight is 650 g/mol. The summed E-state index contributed by atoms with van der Waals surface area (Å²) < 4.78 is 55.3. The Balaban J connectivity index is 1.21. The number of ether oxygens (including phenoxy) is 2. The Labute approximate surface area is 254 Å². The second-order valence-corrected chi connectivity index (χ2v) is 13.6. The molecule has 4 N–H and O–H groups in total. The Morgan fingerprint density at radius 2 is 1.80 bits per heavy atom. The summed E-state index contributed by atoms with van der Waals surface area (Å²) in [5, 5.41) is 16.9. The standard InChI is InChI=1S/C29H30F2N3O10P/c30-21-10-19-23(33(16-1-2-16)13-20(26(19)36)27(37)38)11-24(21)32-7-5-29(6-8-32,45(40,41)42)15-43-25-4-3-17(9-22(25)31)34-12-18(14-35)44-28(34)39/h3-4,9-11,13,16,18,35H,1-2,5-8,12,14-15H2,(H,37,38)(H2,40,41,42)/t18-/m1/s1. The predicted octanol–water partition coefficient (Wildman–Crippen LogP) is 3.23. The van der Waals surface area contributed by atoms with Gasteiger partial charge in [-0.15, -0.1) is 0 Å². The number of carboxylic acid groups (broad SMARTS) is 1. The van der Waals surface area contributed by atoms with Crippen molar-refractivity contribution < 1.29 is 52.4 Å². The molecule has 16 heteroatoms. The molecule has 3 aliphatic rings. The van der Waals surface area contributed by atoms with E-state index in [0.717, 1.165) is 29.9 Å². The van der Waals surface area contributed by atoms with Crippen molar-refractivity contribution in [2.75, 3.05) is 42.6 Å². The topological polar surface area (TPSA) is 179 Å². The van der Waals surface area contributed by atoms with Gasteiger partial charge >= 0.3 is 19.7 Å². The van der Waals surface area contributed by atoms with Gasteiger partial charge in [-0.05, 0) is 49.9 Å². The summed E-state index contributed by atoms with van der Waals surface area (Å²) >= 11 is 0. The number of benzene rings is 2. The van der Waals surface area contributed by atoms with E-state index in [1.807, 2.05) is 0 Å². The third-order valence-electron chi connectivity index (χ3n) is 8.73. The molecule has 3 fully saturated rings. The second-order valence-electron chi connectivity index (χ2n) is 11.6. The Bertz CT molecular complexity index is 1800. The number of nitrogens with zero attached hydrogens (tertiary/aromatic N) is 3. The Morgan fingerprint density at radius 3 is 2.38 bits per heavy atom. The maximum absolute atomic E-state index is 15.4. The van der Waals surface area contributed by atoms with Crippen LogP contribution in [0.25, 0.3) is 10.9 Å². The zero-order valence-electron chi connectivity index (χ0n) is 23.8. The molecule has 1 aliphatic carbocycles. The SMILES string of the molecule is O=C(O)c1cn(C2CC2)c2cc(N3CCC(COc4ccc(N5C[C@H](CO)OC5=O)cc4F)(P(=O)(O)O)CC3)c(F)cc2c1=O. The molecule has 2 saturated heterocycles. The number of hydrogen-bond acceptors (Lipinski definition) is 8. The number of aromatic nitrogens is 1. The number of cyclic esters (lactones) is 1. The minimum absolute atomic E-state index is 0.00226. The summed E-state index contributed by atoms with van der Waals surface area (Å²) in [7, 11) is -4.83. The van der Waals surface area contributed by atoms with Gasteiger partial charge < -0.3 is 38.9 Å². The van der Waals surface area contributed by atoms with Crippen molar-refractivity contribution in [3.05, 3.63) is 63.9 Å². The summed E-state index contributed by atoms with van der Waals surface area (Å²) in [4.78, 5) is 59.9. The lowest BCUT2D eigenvalue weighted by Gasteiger charge is -2.42. The van der Waals surface area contributed by atoms with Crippen LogP contribution in [0.5, 0.6) is 5.75 Å². The first kappa shape index (κ1) is 31.0. The molecular weight excluding hydrogens is 619 g/mol. The molecular formula is C29H30F2N3O10P. The van der Waals surface area contributed by atoms with E-state index in [-0.39, 0.29) is 61.0 Å². The van der Waals surface area contributed by atoms with E-state index >= 15 is 4.39 Å². The van der Waals surface area contributed by atoms with E-state index in [4.69, 9.17) is 9.47 Å². The Kier molecular flexibility index (Phi) is 7.84. The molecule has 240 valence electrons. The molecule has 2 aliphatic heterocycles. The van der Waals surface area contributed by atoms with Gasteiger partial charge in [-0.3, -0.25) is 14.3 Å². The van der Waals surface area contributed by atoms with E-state index in [0.29, 0.717) is 5.52 Å². The fraction of sp³-hybridized carbons (Fsp3) is 0.414. The van der Waals surface area contributed by atoms with Crippen molar-refractivity contribution in [3.8, 4) is 5.75 Å². The first-order valence-corrected chi connectivity index (χ1v) is 15.9. The van der Waals surface area contributed by atoms with Crippen LogP contribution in [-0.2, 0) is 9.30 Å². The number of hydrogen-bond donors (Lipinski definition) is 4. The number of halogens is 2. The molecule has 2 aromatic carbocycles. The summed E-state index contributed by atoms with van der Waals surface area (Å²) in [5.41, 5.74) is -0.628. The highest BCUT2D eigenvalue weighted by atomic mass is 31.2. The maximum atomic E-state index is 15.4. The molecule has 0 radical (unpaired) electrons. The number of rotatable bonds is 9. The second kappa shape index (κ2) is 11.4. The van der Waals surface area contributed by atoms with Gasteiger partial charge in [0.2, 0.25) is 5.43 Å². The van der Waals surface area contributed by atoms with Crippen molar-refractivity contribution in [1.29, 1.82) is 0 Å². The molecule has 1 aromatic heterocycles. The zero-order valence-corrected chi connectivity index (χ0v) is 24.7. The number of aromatic carboxylic acids is 1. The zero-order chi connectivity index (χ0) is 32.3. The van der Waals surface area contributed by atoms with Gasteiger partial charge in [-0.2, -0.15) is 0 Å². The average Bonchev–Trinajstić information content (AvgIpc) is 3.77. The van der Waals surface area contributed by atoms with Crippen LogP contribution in [0.3, 0.4) is 0 Å². The highest BCUT2D eigenvalue weighted by Crippen LogP contribution is 2.56. The number of aliphatic hydroxyl groups is 1. The van der Waals surface area contributed by atoms with Crippen LogP contribution in [0.2, 0.25) is 0 Å². The van der Waals surface area contributed by atoms with Crippen molar-refractivity contribution >= 4 is 41.9 Å². The highest BCUT2D eigenvalue weighted by molar-refractivity contribution is 7.53. The maximum Gasteiger partial charge on any atom is 0.414 e. The monoisotopic (exact) mass is 649 g/mol. The van der Waals surface area contributed by atoms with E-state index in [9.17, 15) is 43.3 Å². The van der Waals surface area contributed by atoms with Crippen LogP contribution < -0.4 is 20.0 Å². The lowest BCUT2D eigenvalue weighted by atomic mass is 9.95. The van der Waals surface area contributed by atoms with Gasteiger partial charge in [0, 0.05) is 36.8 Å². The van der Waals surface area contributed by atoms with Crippen LogP contribution in [0, 0.1) is 11.6 Å². The molecule has 13 nitrogen and oxygen atoms in total. The normalized spacial score (nSPS) is 20.0.